The van der Waals surface area contributed by atoms with Crippen LogP contribution >= 0.6 is 22.7 Å². The lowest BCUT2D eigenvalue weighted by molar-refractivity contribution is 0.661. The molecule has 0 radical (unpaired) electrons. The Kier molecular flexibility index (Phi) is 16.9. The highest BCUT2D eigenvalue weighted by Crippen LogP contribution is 2.55. The Hall–Kier alpha value is -15.2. The normalized spacial score (nSPS) is 13.0. The summed E-state index contributed by atoms with van der Waals surface area (Å²) >= 11 is 3.59. The van der Waals surface area contributed by atoms with Gasteiger partial charge in [-0.2, -0.15) is 0 Å². The van der Waals surface area contributed by atoms with Gasteiger partial charge in [-0.15, -0.1) is 22.7 Å². The molecule has 124 heavy (non-hydrogen) atoms. The van der Waals surface area contributed by atoms with E-state index in [4.69, 9.17) is 29.9 Å². The Morgan fingerprint density at radius 3 is 1.04 bits per heavy atom. The predicted molar refractivity (Wildman–Crippen MR) is 518 cm³/mol. The molecule has 0 unspecified atom stereocenters. The van der Waals surface area contributed by atoms with Crippen LogP contribution in [0.1, 0.15) is 49.9 Å². The third kappa shape index (κ3) is 11.8. The van der Waals surface area contributed by atoms with E-state index < -0.39 is 0 Å². The van der Waals surface area contributed by atoms with Gasteiger partial charge in [-0.05, 0) is 163 Å². The number of thiophene rings is 2. The Balaban J connectivity index is 0.000000140. The topological polar surface area (TPSA) is 87.2 Å². The van der Waals surface area contributed by atoms with E-state index in [1.54, 1.807) is 22.7 Å². The molecule has 0 spiro atoms. The largest absolute Gasteiger partial charge is 0.309 e. The van der Waals surface area contributed by atoms with Crippen molar-refractivity contribution < 1.29 is 0 Å². The maximum Gasteiger partial charge on any atom is 0.165 e. The summed E-state index contributed by atoms with van der Waals surface area (Å²) in [5.74, 6) is 3.90. The molecule has 17 aromatic carbocycles. The summed E-state index contributed by atoms with van der Waals surface area (Å²) in [5.41, 5.74) is 30.2. The number of hydrogen-bond acceptors (Lipinski definition) is 8. The van der Waals surface area contributed by atoms with Crippen molar-refractivity contribution in [1.82, 2.24) is 39.0 Å². The van der Waals surface area contributed by atoms with Crippen molar-refractivity contribution in [3.8, 4) is 135 Å². The molecule has 0 N–H and O–H groups in total. The van der Waals surface area contributed by atoms with Gasteiger partial charge in [0.1, 0.15) is 0 Å². The number of fused-ring (bicyclic) bond motifs is 18. The number of rotatable bonds is 11. The van der Waals surface area contributed by atoms with Crippen LogP contribution < -0.4 is 0 Å². The van der Waals surface area contributed by atoms with Gasteiger partial charge in [-0.25, -0.2) is 29.9 Å². The van der Waals surface area contributed by atoms with Crippen molar-refractivity contribution in [3.05, 3.63) is 411 Å². The average Bonchev–Trinajstić information content (AvgIpc) is 1.55. The third-order valence-electron chi connectivity index (χ3n) is 25.7. The minimum Gasteiger partial charge on any atom is -0.309 e. The Morgan fingerprint density at radius 2 is 0.556 bits per heavy atom. The molecule has 6 aromatic heterocycles. The highest BCUT2D eigenvalue weighted by molar-refractivity contribution is 7.26. The second-order valence-electron chi connectivity index (χ2n) is 33.6. The molecular formula is C114H76N8S2. The van der Waals surface area contributed by atoms with E-state index in [2.05, 4.69) is 352 Å². The molecule has 25 rings (SSSR count). The van der Waals surface area contributed by atoms with Gasteiger partial charge in [0, 0.05) is 117 Å². The van der Waals surface area contributed by atoms with Crippen LogP contribution in [0.25, 0.3) is 219 Å². The standard InChI is InChI=1S/C60H40N4S.C54H36N4S/c1-60(2)51-28-16-14-26-44(51)47-35-48-45-31-30-39(34-53(45)64(54(48)36-52(47)60)41-22-10-5-11-23-41)42-24-12-13-25-43(42)40-32-49-46-27-15-17-29-55(46)65-56(49)50(33-40)59-62-57(37-18-6-3-7-19-37)61-58(63-59)38-20-8-4-9-21-38;1-54(2)44-25-13-9-22-37(44)40-31-41-38-23-11-15-27-47(38)58(48(41)32-45(40)54)46-26-14-10-21-36(46)35-29-42-39-24-12-16-28-49(39)59-50(42)43(30-35)53-56-51(33-17-5-3-6-18-33)55-52(57-53)34-19-7-4-8-20-34/h3-36H,1-2H3;3-32H,1-2H3. The first-order valence-corrected chi connectivity index (χ1v) is 43.9. The average molecular weight is 1620 g/mol. The van der Waals surface area contributed by atoms with Crippen LogP contribution in [-0.2, 0) is 10.8 Å². The molecule has 0 bridgehead atoms. The minimum atomic E-state index is -0.122. The fourth-order valence-electron chi connectivity index (χ4n) is 19.7. The van der Waals surface area contributed by atoms with Crippen molar-refractivity contribution in [2.45, 2.75) is 38.5 Å². The lowest BCUT2D eigenvalue weighted by atomic mass is 9.82. The Morgan fingerprint density at radius 1 is 0.202 bits per heavy atom. The monoisotopic (exact) mass is 1620 g/mol. The van der Waals surface area contributed by atoms with Gasteiger partial charge in [0.15, 0.2) is 34.9 Å². The van der Waals surface area contributed by atoms with E-state index in [0.717, 1.165) is 87.5 Å². The first kappa shape index (κ1) is 72.8. The van der Waals surface area contributed by atoms with Crippen LogP contribution in [0.3, 0.4) is 0 Å². The zero-order valence-corrected chi connectivity index (χ0v) is 70.0. The molecule has 584 valence electrons. The predicted octanol–water partition coefficient (Wildman–Crippen LogP) is 30.3. The van der Waals surface area contributed by atoms with Crippen LogP contribution in [0.5, 0.6) is 0 Å². The molecular weight excluding hydrogens is 1550 g/mol. The van der Waals surface area contributed by atoms with Crippen molar-refractivity contribution in [3.63, 3.8) is 0 Å². The number of benzene rings is 17. The molecule has 0 saturated heterocycles. The van der Waals surface area contributed by atoms with Crippen molar-refractivity contribution in [2.75, 3.05) is 0 Å². The lowest BCUT2D eigenvalue weighted by Crippen LogP contribution is -2.15. The summed E-state index contributed by atoms with van der Waals surface area (Å²) in [5, 5.41) is 9.83. The second-order valence-corrected chi connectivity index (χ2v) is 35.7. The van der Waals surface area contributed by atoms with Crippen LogP contribution in [-0.4, -0.2) is 39.0 Å². The van der Waals surface area contributed by atoms with Gasteiger partial charge in [0.2, 0.25) is 0 Å². The summed E-state index contributed by atoms with van der Waals surface area (Å²) < 4.78 is 9.72. The summed E-state index contributed by atoms with van der Waals surface area (Å²) in [6.07, 6.45) is 0. The summed E-state index contributed by atoms with van der Waals surface area (Å²) in [6, 6.07) is 140. The van der Waals surface area contributed by atoms with E-state index in [9.17, 15) is 0 Å². The molecule has 8 nitrogen and oxygen atoms in total. The van der Waals surface area contributed by atoms with Crippen LogP contribution in [0.2, 0.25) is 0 Å². The van der Waals surface area contributed by atoms with Gasteiger partial charge in [0.05, 0.1) is 27.8 Å². The number of hydrogen-bond donors (Lipinski definition) is 0. The molecule has 23 aromatic rings. The zero-order chi connectivity index (χ0) is 82.5. The van der Waals surface area contributed by atoms with Crippen molar-refractivity contribution in [2.24, 2.45) is 0 Å². The van der Waals surface area contributed by atoms with E-state index in [1.165, 1.54) is 119 Å². The molecule has 10 heteroatoms. The molecule has 0 aliphatic heterocycles. The quantitative estimate of drug-likeness (QED) is 0.128. The second kappa shape index (κ2) is 28.8. The molecule has 0 atom stereocenters. The molecule has 2 aliphatic carbocycles. The summed E-state index contributed by atoms with van der Waals surface area (Å²) in [7, 11) is 0. The smallest absolute Gasteiger partial charge is 0.165 e. The first-order valence-electron chi connectivity index (χ1n) is 42.3. The summed E-state index contributed by atoms with van der Waals surface area (Å²) in [6.45, 7) is 9.45. The number of aromatic nitrogens is 8. The van der Waals surface area contributed by atoms with Gasteiger partial charge < -0.3 is 9.13 Å². The fourth-order valence-corrected chi connectivity index (χ4v) is 22.1. The highest BCUT2D eigenvalue weighted by atomic mass is 32.1. The maximum absolute atomic E-state index is 5.25. The Labute approximate surface area is 724 Å². The number of para-hydroxylation sites is 3. The van der Waals surface area contributed by atoms with Gasteiger partial charge >= 0.3 is 0 Å². The SMILES string of the molecule is CC1(C)c2ccccc2-c2cc3c4ccc(-c5ccccc5-c5cc(-c6nc(-c7ccccc7)nc(-c7ccccc7)n6)c6sc7ccccc7c6c5)cc4n(-c4ccccc4)c3cc21.CC1(C)c2ccccc2-c2cc3c4ccccc4n(-c4ccccc4-c4cc(-c5nc(-c6ccccc6)nc(-c6ccccc6)n5)c5sc6ccccc6c5c4)c3cc21. The minimum absolute atomic E-state index is 0.108. The molecule has 2 aliphatic rings. The maximum atomic E-state index is 5.25. The molecule has 6 heterocycles. The first-order chi connectivity index (χ1) is 61.0. The van der Waals surface area contributed by atoms with E-state index in [0.29, 0.717) is 34.9 Å². The van der Waals surface area contributed by atoms with E-state index in [1.807, 2.05) is 72.8 Å². The molecule has 0 fully saturated rings. The Bertz CT molecular complexity index is 8170. The fraction of sp³-hybridized carbons (Fsp3) is 0.0526. The van der Waals surface area contributed by atoms with Crippen LogP contribution in [0.15, 0.2) is 388 Å². The van der Waals surface area contributed by atoms with E-state index in [-0.39, 0.29) is 10.8 Å². The third-order valence-corrected chi connectivity index (χ3v) is 28.1. The number of nitrogens with zero attached hydrogens (tertiary/aromatic N) is 8. The molecule has 0 saturated carbocycles. The lowest BCUT2D eigenvalue weighted by Gasteiger charge is -2.22. The highest BCUT2D eigenvalue weighted by Gasteiger charge is 2.39. The van der Waals surface area contributed by atoms with Gasteiger partial charge in [-0.3, -0.25) is 0 Å². The van der Waals surface area contributed by atoms with Crippen LogP contribution in [0, 0.1) is 0 Å². The van der Waals surface area contributed by atoms with Crippen molar-refractivity contribution >= 4 is 107 Å². The zero-order valence-electron chi connectivity index (χ0n) is 68.3. The van der Waals surface area contributed by atoms with E-state index >= 15 is 0 Å². The summed E-state index contributed by atoms with van der Waals surface area (Å²) in [4.78, 5) is 31.1. The van der Waals surface area contributed by atoms with Gasteiger partial charge in [0.25, 0.3) is 0 Å². The molecule has 0 amide bonds. The van der Waals surface area contributed by atoms with Gasteiger partial charge in [-0.1, -0.05) is 325 Å². The van der Waals surface area contributed by atoms with Crippen molar-refractivity contribution in [1.29, 1.82) is 0 Å². The van der Waals surface area contributed by atoms with Crippen LogP contribution in [0.4, 0.5) is 0 Å².